The van der Waals surface area contributed by atoms with Crippen LogP contribution in [0.15, 0.2) is 101 Å². The van der Waals surface area contributed by atoms with Gasteiger partial charge in [0.05, 0.1) is 18.8 Å². The van der Waals surface area contributed by atoms with Gasteiger partial charge in [-0.2, -0.15) is 0 Å². The summed E-state index contributed by atoms with van der Waals surface area (Å²) in [5.41, 5.74) is 9.96. The molecular weight excluding hydrogens is 376 g/mol. The van der Waals surface area contributed by atoms with E-state index >= 15 is 0 Å². The Morgan fingerprint density at radius 2 is 1.20 bits per heavy atom. The van der Waals surface area contributed by atoms with Gasteiger partial charge in [0.2, 0.25) is 0 Å². The zero-order valence-electron chi connectivity index (χ0n) is 16.4. The van der Waals surface area contributed by atoms with Gasteiger partial charge in [-0.1, -0.05) is 42.5 Å². The Hall–Kier alpha value is -4.06. The Bertz CT molecular complexity index is 1260. The van der Waals surface area contributed by atoms with Crippen LogP contribution in [0.25, 0.3) is 0 Å². The number of anilines is 3. The monoisotopic (exact) mass is 398 g/mol. The fourth-order valence-corrected chi connectivity index (χ4v) is 3.24. The van der Waals surface area contributed by atoms with E-state index in [1.54, 1.807) is 33.5 Å². The maximum Gasteiger partial charge on any atom is 0.250 e. The highest BCUT2D eigenvalue weighted by Gasteiger charge is 2.03. The molecule has 150 valence electrons. The average Bonchev–Trinajstić information content (AvgIpc) is 2.75. The third-order valence-electron chi connectivity index (χ3n) is 4.78. The topological polar surface area (TPSA) is 82.1 Å². The zero-order chi connectivity index (χ0) is 20.9. The van der Waals surface area contributed by atoms with Gasteiger partial charge in [0.25, 0.3) is 11.1 Å². The molecule has 4 aromatic rings. The second-order valence-corrected chi connectivity index (χ2v) is 7.12. The molecule has 0 saturated heterocycles. The summed E-state index contributed by atoms with van der Waals surface area (Å²) in [5, 5.41) is 3.32. The van der Waals surface area contributed by atoms with Gasteiger partial charge in [-0.05, 0) is 35.4 Å². The van der Waals surface area contributed by atoms with Crippen LogP contribution in [0.2, 0.25) is 0 Å². The third-order valence-corrected chi connectivity index (χ3v) is 4.78. The number of pyridine rings is 2. The van der Waals surface area contributed by atoms with Crippen LogP contribution >= 0.6 is 0 Å². The minimum absolute atomic E-state index is 0.0488. The average molecular weight is 398 g/mol. The number of nitrogens with two attached hydrogens (primary N) is 1. The number of aromatic nitrogens is 2. The van der Waals surface area contributed by atoms with E-state index in [0.717, 1.165) is 22.5 Å². The molecule has 6 nitrogen and oxygen atoms in total. The van der Waals surface area contributed by atoms with Crippen molar-refractivity contribution in [3.05, 3.63) is 123 Å². The van der Waals surface area contributed by atoms with Crippen molar-refractivity contribution in [2.45, 2.75) is 13.1 Å². The van der Waals surface area contributed by atoms with E-state index in [9.17, 15) is 9.59 Å². The van der Waals surface area contributed by atoms with Crippen molar-refractivity contribution in [3.8, 4) is 0 Å². The van der Waals surface area contributed by atoms with Crippen LogP contribution in [0.5, 0.6) is 0 Å². The Labute approximate surface area is 173 Å². The predicted molar refractivity (Wildman–Crippen MR) is 120 cm³/mol. The number of nitrogens with zero attached hydrogens (tertiary/aromatic N) is 2. The molecule has 6 heteroatoms. The second kappa shape index (κ2) is 8.53. The molecular formula is C24H22N4O2. The van der Waals surface area contributed by atoms with Gasteiger partial charge in [-0.15, -0.1) is 0 Å². The molecule has 30 heavy (non-hydrogen) atoms. The van der Waals surface area contributed by atoms with Crippen molar-refractivity contribution in [2.24, 2.45) is 0 Å². The highest BCUT2D eigenvalue weighted by atomic mass is 16.1. The van der Waals surface area contributed by atoms with Crippen LogP contribution in [0.1, 0.15) is 11.1 Å². The Morgan fingerprint density at radius 1 is 0.633 bits per heavy atom. The predicted octanol–water partition coefficient (Wildman–Crippen LogP) is 3.43. The summed E-state index contributed by atoms with van der Waals surface area (Å²) in [7, 11) is 0. The van der Waals surface area contributed by atoms with Crippen LogP contribution in [-0.2, 0) is 13.1 Å². The van der Waals surface area contributed by atoms with Crippen molar-refractivity contribution in [2.75, 3.05) is 11.1 Å². The fourth-order valence-electron chi connectivity index (χ4n) is 3.24. The molecule has 0 spiro atoms. The highest BCUT2D eigenvalue weighted by Crippen LogP contribution is 2.17. The SMILES string of the molecule is Nc1ccc(=O)n(Cc2ccc(Nc3ccc(=O)n(Cc4ccccc4)c3)cc2)c1. The Balaban J connectivity index is 1.48. The summed E-state index contributed by atoms with van der Waals surface area (Å²) >= 11 is 0. The van der Waals surface area contributed by atoms with E-state index in [1.807, 2.05) is 60.8 Å². The molecule has 2 aromatic heterocycles. The summed E-state index contributed by atoms with van der Waals surface area (Å²) in [6, 6.07) is 24.1. The molecule has 0 saturated carbocycles. The largest absolute Gasteiger partial charge is 0.398 e. The molecule has 0 amide bonds. The number of hydrogen-bond acceptors (Lipinski definition) is 4. The van der Waals surface area contributed by atoms with Gasteiger partial charge in [0.15, 0.2) is 0 Å². The number of hydrogen-bond donors (Lipinski definition) is 2. The van der Waals surface area contributed by atoms with Gasteiger partial charge < -0.3 is 20.2 Å². The van der Waals surface area contributed by atoms with Gasteiger partial charge in [-0.3, -0.25) is 9.59 Å². The van der Waals surface area contributed by atoms with Gasteiger partial charge in [0, 0.05) is 35.9 Å². The quantitative estimate of drug-likeness (QED) is 0.521. The first-order valence-electron chi connectivity index (χ1n) is 9.63. The maximum atomic E-state index is 12.2. The van der Waals surface area contributed by atoms with Crippen LogP contribution < -0.4 is 22.2 Å². The summed E-state index contributed by atoms with van der Waals surface area (Å²) < 4.78 is 3.26. The second-order valence-electron chi connectivity index (χ2n) is 7.12. The lowest BCUT2D eigenvalue weighted by molar-refractivity contribution is 0.760. The molecule has 0 aliphatic rings. The van der Waals surface area contributed by atoms with Crippen molar-refractivity contribution in [1.29, 1.82) is 0 Å². The highest BCUT2D eigenvalue weighted by molar-refractivity contribution is 5.58. The minimum Gasteiger partial charge on any atom is -0.398 e. The lowest BCUT2D eigenvalue weighted by atomic mass is 10.2. The minimum atomic E-state index is -0.0907. The van der Waals surface area contributed by atoms with Gasteiger partial charge in [-0.25, -0.2) is 0 Å². The van der Waals surface area contributed by atoms with E-state index < -0.39 is 0 Å². The molecule has 2 heterocycles. The molecule has 0 unspecified atom stereocenters. The summed E-state index contributed by atoms with van der Waals surface area (Å²) in [6.07, 6.45) is 3.46. The standard InChI is InChI=1S/C24H22N4O2/c25-20-8-12-23(29)27(16-20)15-19-6-9-21(10-7-19)26-22-11-13-24(30)28(17-22)14-18-4-2-1-3-5-18/h1-13,16-17,26H,14-15,25H2. The lowest BCUT2D eigenvalue weighted by Gasteiger charge is -2.12. The number of rotatable bonds is 6. The van der Waals surface area contributed by atoms with Crippen molar-refractivity contribution in [1.82, 2.24) is 9.13 Å². The fraction of sp³-hybridized carbons (Fsp3) is 0.0833. The van der Waals surface area contributed by atoms with E-state index in [2.05, 4.69) is 5.32 Å². The van der Waals surface area contributed by atoms with Crippen LogP contribution in [0.3, 0.4) is 0 Å². The van der Waals surface area contributed by atoms with Crippen molar-refractivity contribution >= 4 is 17.1 Å². The molecule has 3 N–H and O–H groups in total. The van der Waals surface area contributed by atoms with E-state index in [4.69, 9.17) is 5.73 Å². The summed E-state index contributed by atoms with van der Waals surface area (Å²) in [5.74, 6) is 0. The van der Waals surface area contributed by atoms with E-state index in [-0.39, 0.29) is 11.1 Å². The summed E-state index contributed by atoms with van der Waals surface area (Å²) in [4.78, 5) is 24.1. The van der Waals surface area contributed by atoms with E-state index in [0.29, 0.717) is 18.8 Å². The normalized spacial score (nSPS) is 10.7. The third kappa shape index (κ3) is 4.67. The molecule has 0 aliphatic heterocycles. The van der Waals surface area contributed by atoms with E-state index in [1.165, 1.54) is 6.07 Å². The van der Waals surface area contributed by atoms with Gasteiger partial charge in [0.1, 0.15) is 0 Å². The van der Waals surface area contributed by atoms with Crippen LogP contribution in [0, 0.1) is 0 Å². The first kappa shape index (κ1) is 19.3. The summed E-state index contributed by atoms with van der Waals surface area (Å²) in [6.45, 7) is 0.967. The molecule has 0 fully saturated rings. The molecule has 0 radical (unpaired) electrons. The Morgan fingerprint density at radius 3 is 1.90 bits per heavy atom. The number of nitrogen functional groups attached to an aromatic ring is 1. The molecule has 0 aliphatic carbocycles. The molecule has 0 bridgehead atoms. The van der Waals surface area contributed by atoms with Crippen LogP contribution in [0.4, 0.5) is 17.1 Å². The molecule has 0 atom stereocenters. The first-order chi connectivity index (χ1) is 14.6. The maximum absolute atomic E-state index is 12.2. The van der Waals surface area contributed by atoms with Crippen molar-refractivity contribution < 1.29 is 0 Å². The molecule has 4 rings (SSSR count). The number of benzene rings is 2. The van der Waals surface area contributed by atoms with Crippen LogP contribution in [-0.4, -0.2) is 9.13 Å². The Kier molecular flexibility index (Phi) is 5.48. The van der Waals surface area contributed by atoms with Crippen molar-refractivity contribution in [3.63, 3.8) is 0 Å². The zero-order valence-corrected chi connectivity index (χ0v) is 16.4. The lowest BCUT2D eigenvalue weighted by Crippen LogP contribution is -2.19. The van der Waals surface area contributed by atoms with Gasteiger partial charge >= 0.3 is 0 Å². The first-order valence-corrected chi connectivity index (χ1v) is 9.63. The number of nitrogens with one attached hydrogen (secondary N) is 1. The smallest absolute Gasteiger partial charge is 0.250 e. The molecule has 2 aromatic carbocycles.